The van der Waals surface area contributed by atoms with Crippen molar-refractivity contribution in [2.45, 2.75) is 102 Å². The van der Waals surface area contributed by atoms with Crippen molar-refractivity contribution >= 4 is 78.9 Å². The summed E-state index contributed by atoms with van der Waals surface area (Å²) in [5.74, 6) is -1.15. The lowest BCUT2D eigenvalue weighted by Gasteiger charge is -2.42. The van der Waals surface area contributed by atoms with Crippen molar-refractivity contribution in [1.82, 2.24) is 39.6 Å². The largest absolute Gasteiger partial charge is 0.455 e. The molecule has 86 heavy (non-hydrogen) atoms. The van der Waals surface area contributed by atoms with E-state index in [4.69, 9.17) is 16.3 Å². The third kappa shape index (κ3) is 13.0. The van der Waals surface area contributed by atoms with Gasteiger partial charge in [0.2, 0.25) is 11.8 Å². The standard InChI is InChI=1S/C64H72ClN11O9S/c1-64(2)21-19-45(54(35-64)43-6-8-47(65)9-7-43)39-72-25-29-74(30-26-72)49-12-15-53(58(33-49)85-50-32-44-20-22-66-60(44)68-37-50)61(78)70-86(83,84)51-13-16-55(57(34-51)76(81)82)67-36-41-3-10-48(11-4-41)73-27-23-71(24-28-73)38-42-5-14-52-46(31-42)40-75(63(52)80)56-17-18-59(77)69-62(56)79/h5-9,12-16,20,22,31-34,37,41,48,56,67H,3-4,10-11,17-19,21,23-30,35-36,38-40H2,1-2H3,(H,66,68)(H,70,78)(H,69,77,79)/t41-,48-,56?. The van der Waals surface area contributed by atoms with E-state index >= 15 is 0 Å². The first kappa shape index (κ1) is 58.7. The SMILES string of the molecule is CC1(C)CCC(CN2CCN(c3ccc(C(=O)NS(=O)(=O)c4ccc(NC[C@H]5CC[C@H](N6CCN(Cc7ccc8c(c7)CN(C7CCC(=O)NC7=O)C8=O)CC6)CC5)c([N+](=O)[O-])c4)c(Oc4cnc5[nH]ccc5c4)c3)CC2)=C(c2ccc(Cl)cc2)C1. The number of nitrogens with one attached hydrogen (secondary N) is 4. The highest BCUT2D eigenvalue weighted by atomic mass is 35.5. The average molecular weight is 1210 g/mol. The van der Waals surface area contributed by atoms with E-state index in [9.17, 15) is 37.7 Å². The number of pyridine rings is 1. The summed E-state index contributed by atoms with van der Waals surface area (Å²) in [4.78, 5) is 81.9. The van der Waals surface area contributed by atoms with Crippen LogP contribution in [0.3, 0.4) is 0 Å². The number of hydrogen-bond donors (Lipinski definition) is 4. The van der Waals surface area contributed by atoms with Gasteiger partial charge in [0.15, 0.2) is 0 Å². The van der Waals surface area contributed by atoms with Crippen molar-refractivity contribution in [1.29, 1.82) is 0 Å². The maximum atomic E-state index is 14.2. The van der Waals surface area contributed by atoms with Crippen LogP contribution in [0, 0.1) is 21.4 Å². The number of amides is 4. The lowest BCUT2D eigenvalue weighted by Crippen LogP contribution is -2.52. The number of halogens is 1. The number of rotatable bonds is 17. The van der Waals surface area contributed by atoms with Gasteiger partial charge in [-0.1, -0.05) is 55.3 Å². The van der Waals surface area contributed by atoms with Gasteiger partial charge in [-0.15, -0.1) is 0 Å². The Kier molecular flexibility index (Phi) is 16.8. The van der Waals surface area contributed by atoms with Crippen LogP contribution >= 0.6 is 11.6 Å². The Morgan fingerprint density at radius 3 is 2.36 bits per heavy atom. The molecule has 2 aliphatic carbocycles. The summed E-state index contributed by atoms with van der Waals surface area (Å²) in [7, 11) is -4.62. The van der Waals surface area contributed by atoms with Crippen LogP contribution in [-0.4, -0.2) is 144 Å². The molecule has 20 nitrogen and oxygen atoms in total. The fraction of sp³-hybridized carbons (Fsp3) is 0.422. The van der Waals surface area contributed by atoms with Crippen molar-refractivity contribution in [3.05, 3.63) is 152 Å². The number of fused-ring (bicyclic) bond motifs is 2. The second-order valence-corrected chi connectivity index (χ2v) is 26.8. The van der Waals surface area contributed by atoms with Crippen LogP contribution in [0.25, 0.3) is 16.6 Å². The first-order valence-corrected chi connectivity index (χ1v) is 31.8. The summed E-state index contributed by atoms with van der Waals surface area (Å²) >= 11 is 6.28. The summed E-state index contributed by atoms with van der Waals surface area (Å²) in [6.45, 7) is 13.8. The molecular weight excluding hydrogens is 1130 g/mol. The minimum absolute atomic E-state index is 0.0492. The summed E-state index contributed by atoms with van der Waals surface area (Å²) in [5.41, 5.74) is 8.09. The predicted molar refractivity (Wildman–Crippen MR) is 329 cm³/mol. The zero-order chi connectivity index (χ0) is 59.9. The number of nitro benzene ring substituents is 1. The van der Waals surface area contributed by atoms with Crippen LogP contribution in [0.4, 0.5) is 17.1 Å². The molecule has 0 radical (unpaired) electrons. The number of piperazine rings is 2. The number of nitro groups is 1. The molecule has 3 saturated heterocycles. The number of ether oxygens (including phenoxy) is 1. The molecule has 22 heteroatoms. The molecule has 1 saturated carbocycles. The number of imide groups is 1. The van der Waals surface area contributed by atoms with E-state index < -0.39 is 43.4 Å². The number of anilines is 2. The highest BCUT2D eigenvalue weighted by molar-refractivity contribution is 7.90. The fourth-order valence-corrected chi connectivity index (χ4v) is 14.5. The molecule has 4 fully saturated rings. The monoisotopic (exact) mass is 1210 g/mol. The molecular formula is C64H72ClN11O9S. The van der Waals surface area contributed by atoms with E-state index in [1.165, 1.54) is 35.0 Å². The second-order valence-electron chi connectivity index (χ2n) is 24.7. The first-order chi connectivity index (χ1) is 41.4. The molecule has 1 atom stereocenters. The van der Waals surface area contributed by atoms with E-state index in [1.54, 1.807) is 35.4 Å². The minimum Gasteiger partial charge on any atom is -0.455 e. The fourth-order valence-electron chi connectivity index (χ4n) is 13.4. The maximum Gasteiger partial charge on any atom is 0.293 e. The Labute approximate surface area is 505 Å². The number of carbonyl (C=O) groups excluding carboxylic acids is 4. The molecule has 1 unspecified atom stereocenters. The van der Waals surface area contributed by atoms with Crippen molar-refractivity contribution in [2.75, 3.05) is 75.7 Å². The molecule has 6 aromatic rings. The van der Waals surface area contributed by atoms with Gasteiger partial charge >= 0.3 is 0 Å². The van der Waals surface area contributed by atoms with E-state index in [-0.39, 0.29) is 46.6 Å². The van der Waals surface area contributed by atoms with Gasteiger partial charge < -0.3 is 24.8 Å². The molecule has 6 heterocycles. The maximum absolute atomic E-state index is 14.2. The van der Waals surface area contributed by atoms with Gasteiger partial charge in [-0.25, -0.2) is 18.1 Å². The van der Waals surface area contributed by atoms with Crippen LogP contribution in [0.15, 0.2) is 114 Å². The normalized spacial score (nSPS) is 21.6. The van der Waals surface area contributed by atoms with Gasteiger partial charge in [0, 0.05) is 131 Å². The van der Waals surface area contributed by atoms with Crippen molar-refractivity contribution in [2.24, 2.45) is 11.3 Å². The summed E-state index contributed by atoms with van der Waals surface area (Å²) in [5, 5.41) is 19.6. The van der Waals surface area contributed by atoms with Gasteiger partial charge in [0.05, 0.1) is 21.6 Å². The van der Waals surface area contributed by atoms with Gasteiger partial charge in [-0.2, -0.15) is 0 Å². The molecule has 0 bridgehead atoms. The van der Waals surface area contributed by atoms with Crippen LogP contribution < -0.4 is 25.0 Å². The molecule has 4 amide bonds. The smallest absolute Gasteiger partial charge is 0.293 e. The van der Waals surface area contributed by atoms with Crippen LogP contribution in [0.2, 0.25) is 5.02 Å². The number of sulfonamides is 1. The van der Waals surface area contributed by atoms with E-state index in [0.29, 0.717) is 55.6 Å². The number of nitrogens with zero attached hydrogens (tertiary/aromatic N) is 7. The molecule has 0 spiro atoms. The molecule has 4 aliphatic heterocycles. The Balaban J connectivity index is 0.647. The van der Waals surface area contributed by atoms with Crippen LogP contribution in [0.1, 0.15) is 109 Å². The number of piperidine rings is 1. The van der Waals surface area contributed by atoms with Gasteiger partial charge in [-0.05, 0) is 140 Å². The quantitative estimate of drug-likeness (QED) is 0.0378. The third-order valence-corrected chi connectivity index (χ3v) is 19.9. The van der Waals surface area contributed by atoms with Gasteiger partial charge in [0.25, 0.3) is 27.5 Å². The number of H-pyrrole nitrogens is 1. The number of benzene rings is 4. The second kappa shape index (κ2) is 24.6. The first-order valence-electron chi connectivity index (χ1n) is 29.9. The highest BCUT2D eigenvalue weighted by Crippen LogP contribution is 2.44. The Hall–Kier alpha value is -7.69. The summed E-state index contributed by atoms with van der Waals surface area (Å²) < 4.78 is 36.6. The minimum atomic E-state index is -4.62. The highest BCUT2D eigenvalue weighted by Gasteiger charge is 2.40. The topological polar surface area (TPSA) is 236 Å². The van der Waals surface area contributed by atoms with Crippen molar-refractivity contribution in [3.63, 3.8) is 0 Å². The van der Waals surface area contributed by atoms with Crippen LogP contribution in [-0.2, 0) is 32.7 Å². The number of hydrogen-bond acceptors (Lipinski definition) is 15. The van der Waals surface area contributed by atoms with E-state index in [1.807, 2.05) is 30.3 Å². The van der Waals surface area contributed by atoms with Gasteiger partial charge in [-0.3, -0.25) is 49.3 Å². The molecule has 450 valence electrons. The Bertz CT molecular complexity index is 3750. The summed E-state index contributed by atoms with van der Waals surface area (Å²) in [6, 6.07) is 26.2. The van der Waals surface area contributed by atoms with Crippen molar-refractivity contribution in [3.8, 4) is 11.5 Å². The molecule has 6 aliphatic rings. The molecule has 4 N–H and O–H groups in total. The number of carbonyl (C=O) groups is 4. The van der Waals surface area contributed by atoms with Crippen molar-refractivity contribution < 1.29 is 37.3 Å². The molecule has 2 aromatic heterocycles. The third-order valence-electron chi connectivity index (χ3n) is 18.4. The van der Waals surface area contributed by atoms with Crippen LogP contribution in [0.5, 0.6) is 11.5 Å². The van der Waals surface area contributed by atoms with Gasteiger partial charge in [0.1, 0.15) is 28.9 Å². The Morgan fingerprint density at radius 1 is 0.849 bits per heavy atom. The number of aromatic amines is 1. The van der Waals surface area contributed by atoms with E-state index in [2.05, 4.69) is 77.0 Å². The van der Waals surface area contributed by atoms with E-state index in [0.717, 1.165) is 131 Å². The molecule has 12 rings (SSSR count). The lowest BCUT2D eigenvalue weighted by atomic mass is 9.72. The number of aromatic nitrogens is 2. The lowest BCUT2D eigenvalue weighted by molar-refractivity contribution is -0.384. The predicted octanol–water partition coefficient (Wildman–Crippen LogP) is 9.37. The Morgan fingerprint density at radius 2 is 1.60 bits per heavy atom. The summed E-state index contributed by atoms with van der Waals surface area (Å²) in [6.07, 6.45) is 10.8. The zero-order valence-corrected chi connectivity index (χ0v) is 50.1. The number of allylic oxidation sites excluding steroid dienone is 1. The molecule has 4 aromatic carbocycles. The average Bonchev–Trinajstić information content (AvgIpc) is 1.91. The zero-order valence-electron chi connectivity index (χ0n) is 48.5.